The molecule has 0 heterocycles. The Kier molecular flexibility index (Phi) is 10.0. The van der Waals surface area contributed by atoms with E-state index in [1.807, 2.05) is 52.0 Å². The number of benzene rings is 1. The number of carbonyl (C=O) groups excluding carboxylic acids is 1. The van der Waals surface area contributed by atoms with E-state index in [0.29, 0.717) is 12.6 Å². The molecule has 190 valence electrons. The average molecular weight is 473 g/mol. The highest BCUT2D eigenvalue weighted by atomic mass is 16.6. The number of hydrogen-bond acceptors (Lipinski definition) is 6. The first-order valence-corrected chi connectivity index (χ1v) is 12.2. The minimum absolute atomic E-state index is 0.0271. The van der Waals surface area contributed by atoms with Crippen LogP contribution < -0.4 is 26.6 Å². The minimum atomic E-state index is -0.543. The summed E-state index contributed by atoms with van der Waals surface area (Å²) in [7, 11) is 0. The fourth-order valence-electron chi connectivity index (χ4n) is 3.29. The zero-order chi connectivity index (χ0) is 25.4. The Morgan fingerprint density at radius 1 is 1.24 bits per heavy atom. The van der Waals surface area contributed by atoms with Gasteiger partial charge in [-0.1, -0.05) is 38.1 Å². The van der Waals surface area contributed by atoms with Gasteiger partial charge >= 0.3 is 6.09 Å². The lowest BCUT2D eigenvalue weighted by Crippen LogP contribution is -2.45. The lowest BCUT2D eigenvalue weighted by Gasteiger charge is -2.35. The Morgan fingerprint density at radius 2 is 1.94 bits per heavy atom. The lowest BCUT2D eigenvalue weighted by molar-refractivity contribution is 0.0520. The molecule has 1 unspecified atom stereocenters. The van der Waals surface area contributed by atoms with E-state index in [4.69, 9.17) is 15.3 Å². The molecule has 1 aliphatic rings. The summed E-state index contributed by atoms with van der Waals surface area (Å²) in [5.74, 6) is 6.28. The SMILES string of the molecule is C/C(=C\C=C/CC(C)(C)[C@@H](C)NC(CNC(=O)OC(C)(C)C)c1cccc(OC2CC2)c1)NN. The van der Waals surface area contributed by atoms with Gasteiger partial charge in [0.15, 0.2) is 0 Å². The number of carbonyl (C=O) groups is 1. The van der Waals surface area contributed by atoms with Crippen LogP contribution in [0.25, 0.3) is 0 Å². The molecule has 7 nitrogen and oxygen atoms in total. The van der Waals surface area contributed by atoms with Crippen molar-refractivity contribution >= 4 is 6.09 Å². The third kappa shape index (κ3) is 10.2. The summed E-state index contributed by atoms with van der Waals surface area (Å²) in [5, 5.41) is 6.67. The van der Waals surface area contributed by atoms with Gasteiger partial charge < -0.3 is 25.5 Å². The Bertz CT molecular complexity index is 854. The number of ether oxygens (including phenoxy) is 2. The number of nitrogens with two attached hydrogens (primary N) is 1. The summed E-state index contributed by atoms with van der Waals surface area (Å²) >= 11 is 0. The second-order valence-corrected chi connectivity index (χ2v) is 10.8. The van der Waals surface area contributed by atoms with Gasteiger partial charge in [0, 0.05) is 18.3 Å². The topological polar surface area (TPSA) is 97.6 Å². The summed E-state index contributed by atoms with van der Waals surface area (Å²) in [6, 6.07) is 8.20. The summed E-state index contributed by atoms with van der Waals surface area (Å²) in [6.45, 7) is 14.6. The first kappa shape index (κ1) is 27.7. The van der Waals surface area contributed by atoms with Gasteiger partial charge in [0.05, 0.1) is 12.1 Å². The van der Waals surface area contributed by atoms with Gasteiger partial charge in [0.2, 0.25) is 0 Å². The fourth-order valence-corrected chi connectivity index (χ4v) is 3.29. The molecule has 0 saturated heterocycles. The van der Waals surface area contributed by atoms with Crippen molar-refractivity contribution in [2.45, 2.75) is 91.5 Å². The fraction of sp³-hybridized carbons (Fsp3) is 0.593. The number of alkyl carbamates (subject to hydrolysis) is 1. The van der Waals surface area contributed by atoms with E-state index in [9.17, 15) is 4.79 Å². The Balaban J connectivity index is 2.12. The van der Waals surface area contributed by atoms with Crippen molar-refractivity contribution in [2.24, 2.45) is 11.3 Å². The molecule has 0 radical (unpaired) electrons. The first-order chi connectivity index (χ1) is 15.9. The standard InChI is InChI=1S/C27H44N4O3/c1-19(31-28)11-8-9-16-27(6,7)20(2)30-24(18-29-25(32)34-26(3,4)5)21-12-10-13-23(17-21)33-22-14-15-22/h8-13,17,20,22,24,30-31H,14-16,18,28H2,1-7H3,(H,29,32)/b9-8-,19-11+/t20-,24?/m1/s1. The maximum absolute atomic E-state index is 12.3. The van der Waals surface area contributed by atoms with Crippen molar-refractivity contribution in [1.82, 2.24) is 16.1 Å². The molecule has 1 fully saturated rings. The van der Waals surface area contributed by atoms with Crippen molar-refractivity contribution < 1.29 is 14.3 Å². The molecule has 1 amide bonds. The quantitative estimate of drug-likeness (QED) is 0.192. The predicted molar refractivity (Wildman–Crippen MR) is 138 cm³/mol. The van der Waals surface area contributed by atoms with Crippen molar-refractivity contribution in [3.8, 4) is 5.75 Å². The van der Waals surface area contributed by atoms with Crippen LogP contribution in [-0.2, 0) is 4.74 Å². The van der Waals surface area contributed by atoms with Crippen LogP contribution in [0.4, 0.5) is 4.79 Å². The van der Waals surface area contributed by atoms with Gasteiger partial charge in [-0.3, -0.25) is 5.84 Å². The molecule has 34 heavy (non-hydrogen) atoms. The van der Waals surface area contributed by atoms with Crippen LogP contribution in [0, 0.1) is 5.41 Å². The molecule has 1 aromatic carbocycles. The van der Waals surface area contributed by atoms with Gasteiger partial charge in [0.25, 0.3) is 0 Å². The van der Waals surface area contributed by atoms with Crippen molar-refractivity contribution in [3.05, 3.63) is 53.8 Å². The molecular weight excluding hydrogens is 428 g/mol. The number of allylic oxidation sites excluding steroid dienone is 4. The Labute approximate surface area is 205 Å². The minimum Gasteiger partial charge on any atom is -0.490 e. The Hall–Kier alpha value is -2.51. The molecule has 0 aliphatic heterocycles. The smallest absolute Gasteiger partial charge is 0.407 e. The van der Waals surface area contributed by atoms with E-state index in [1.54, 1.807) is 0 Å². The zero-order valence-corrected chi connectivity index (χ0v) is 21.9. The monoisotopic (exact) mass is 472 g/mol. The molecule has 1 aromatic rings. The van der Waals surface area contributed by atoms with Crippen LogP contribution in [0.5, 0.6) is 5.75 Å². The van der Waals surface area contributed by atoms with Crippen LogP contribution in [0.15, 0.2) is 48.2 Å². The number of rotatable bonds is 12. The second kappa shape index (κ2) is 12.3. The molecule has 0 aromatic heterocycles. The van der Waals surface area contributed by atoms with E-state index in [0.717, 1.165) is 36.3 Å². The van der Waals surface area contributed by atoms with Gasteiger partial charge in [-0.25, -0.2) is 4.79 Å². The summed E-state index contributed by atoms with van der Waals surface area (Å²) in [4.78, 5) is 12.3. The van der Waals surface area contributed by atoms with E-state index in [2.05, 4.69) is 55.0 Å². The molecule has 7 heteroatoms. The van der Waals surface area contributed by atoms with Gasteiger partial charge in [-0.2, -0.15) is 0 Å². The molecule has 1 saturated carbocycles. The van der Waals surface area contributed by atoms with E-state index >= 15 is 0 Å². The normalized spacial score (nSPS) is 16.8. The Morgan fingerprint density at radius 3 is 2.56 bits per heavy atom. The van der Waals surface area contributed by atoms with Gasteiger partial charge in [-0.15, -0.1) is 0 Å². The lowest BCUT2D eigenvalue weighted by atomic mass is 9.81. The zero-order valence-electron chi connectivity index (χ0n) is 21.9. The predicted octanol–water partition coefficient (Wildman–Crippen LogP) is 5.11. The van der Waals surface area contributed by atoms with E-state index < -0.39 is 11.7 Å². The highest BCUT2D eigenvalue weighted by Gasteiger charge is 2.28. The first-order valence-electron chi connectivity index (χ1n) is 12.2. The third-order valence-electron chi connectivity index (χ3n) is 5.91. The largest absolute Gasteiger partial charge is 0.490 e. The van der Waals surface area contributed by atoms with Crippen LogP contribution >= 0.6 is 0 Å². The van der Waals surface area contributed by atoms with Crippen LogP contribution in [0.3, 0.4) is 0 Å². The summed E-state index contributed by atoms with van der Waals surface area (Å²) in [6.07, 6.45) is 9.14. The average Bonchev–Trinajstić information content (AvgIpc) is 3.56. The maximum Gasteiger partial charge on any atom is 0.407 e. The highest BCUT2D eigenvalue weighted by Crippen LogP contribution is 2.30. The molecule has 2 atom stereocenters. The molecule has 5 N–H and O–H groups in total. The number of amides is 1. The molecule has 0 spiro atoms. The van der Waals surface area contributed by atoms with Gasteiger partial charge in [0.1, 0.15) is 11.4 Å². The second-order valence-electron chi connectivity index (χ2n) is 10.8. The number of hydrogen-bond donors (Lipinski definition) is 4. The van der Waals surface area contributed by atoms with Crippen LogP contribution in [-0.4, -0.2) is 30.4 Å². The third-order valence-corrected chi connectivity index (χ3v) is 5.91. The van der Waals surface area contributed by atoms with E-state index in [-0.39, 0.29) is 17.5 Å². The highest BCUT2D eigenvalue weighted by molar-refractivity contribution is 5.67. The van der Waals surface area contributed by atoms with Crippen molar-refractivity contribution in [2.75, 3.05) is 6.54 Å². The maximum atomic E-state index is 12.3. The molecule has 1 aliphatic carbocycles. The van der Waals surface area contributed by atoms with Gasteiger partial charge in [-0.05, 0) is 83.1 Å². The summed E-state index contributed by atoms with van der Waals surface area (Å²) in [5.41, 5.74) is 4.03. The van der Waals surface area contributed by atoms with Crippen LogP contribution in [0.2, 0.25) is 0 Å². The van der Waals surface area contributed by atoms with Crippen molar-refractivity contribution in [3.63, 3.8) is 0 Å². The molecule has 0 bridgehead atoms. The van der Waals surface area contributed by atoms with Crippen LogP contribution in [0.1, 0.15) is 79.3 Å². The van der Waals surface area contributed by atoms with Crippen molar-refractivity contribution in [1.29, 1.82) is 0 Å². The molecule has 2 rings (SSSR count). The summed E-state index contributed by atoms with van der Waals surface area (Å²) < 4.78 is 11.4. The number of nitrogens with one attached hydrogen (secondary N) is 3. The molecular formula is C27H44N4O3. The number of hydrazine groups is 1. The van der Waals surface area contributed by atoms with E-state index in [1.165, 1.54) is 0 Å².